The number of benzene rings is 1. The summed E-state index contributed by atoms with van der Waals surface area (Å²) < 4.78 is 27.3. The third kappa shape index (κ3) is 2.84. The van der Waals surface area contributed by atoms with Gasteiger partial charge in [-0.2, -0.15) is 0 Å². The maximum Gasteiger partial charge on any atom is 0.151 e. The van der Waals surface area contributed by atoms with Gasteiger partial charge < -0.3 is 10.6 Å². The van der Waals surface area contributed by atoms with Crippen LogP contribution >= 0.6 is 0 Å². The lowest BCUT2D eigenvalue weighted by Crippen LogP contribution is -2.27. The number of halogens is 2. The number of anilines is 2. The van der Waals surface area contributed by atoms with Crippen molar-refractivity contribution < 1.29 is 8.78 Å². The van der Waals surface area contributed by atoms with Gasteiger partial charge in [0.25, 0.3) is 0 Å². The van der Waals surface area contributed by atoms with Crippen molar-refractivity contribution in [2.75, 3.05) is 23.7 Å². The summed E-state index contributed by atoms with van der Waals surface area (Å²) in [6, 6.07) is 2.33. The van der Waals surface area contributed by atoms with Crippen LogP contribution in [0.25, 0.3) is 0 Å². The van der Waals surface area contributed by atoms with Crippen molar-refractivity contribution in [3.05, 3.63) is 23.8 Å². The molecule has 0 saturated carbocycles. The van der Waals surface area contributed by atoms with Gasteiger partial charge >= 0.3 is 0 Å². The summed E-state index contributed by atoms with van der Waals surface area (Å²) in [7, 11) is 0. The van der Waals surface area contributed by atoms with E-state index in [1.165, 1.54) is 0 Å². The van der Waals surface area contributed by atoms with Crippen LogP contribution in [-0.4, -0.2) is 13.1 Å². The minimum absolute atomic E-state index is 0.0397. The van der Waals surface area contributed by atoms with Crippen molar-refractivity contribution in [2.24, 2.45) is 0 Å². The topological polar surface area (TPSA) is 29.3 Å². The van der Waals surface area contributed by atoms with Crippen molar-refractivity contribution in [3.8, 4) is 0 Å². The number of nitrogens with zero attached hydrogens (tertiary/aromatic N) is 1. The molecule has 1 aromatic carbocycles. The molecule has 0 aliphatic heterocycles. The van der Waals surface area contributed by atoms with Crippen molar-refractivity contribution in [1.82, 2.24) is 0 Å². The summed E-state index contributed by atoms with van der Waals surface area (Å²) in [5, 5.41) is 0. The lowest BCUT2D eigenvalue weighted by molar-refractivity contribution is 0.568. The molecule has 90 valence electrons. The van der Waals surface area contributed by atoms with Gasteiger partial charge in [0, 0.05) is 18.8 Å². The van der Waals surface area contributed by atoms with Gasteiger partial charge in [-0.25, -0.2) is 8.78 Å². The molecule has 0 aromatic heterocycles. The number of hydrogen-bond donors (Lipinski definition) is 1. The summed E-state index contributed by atoms with van der Waals surface area (Å²) >= 11 is 0. The maximum absolute atomic E-state index is 13.6. The molecule has 0 bridgehead atoms. The summed E-state index contributed by atoms with van der Waals surface area (Å²) in [6.07, 6.45) is 1.70. The number of nitrogen functional groups attached to an aromatic ring is 1. The fourth-order valence-electron chi connectivity index (χ4n) is 1.76. The van der Waals surface area contributed by atoms with Crippen molar-refractivity contribution in [2.45, 2.75) is 26.7 Å². The van der Waals surface area contributed by atoms with Gasteiger partial charge in [-0.3, -0.25) is 0 Å². The van der Waals surface area contributed by atoms with E-state index in [-0.39, 0.29) is 11.4 Å². The molecule has 0 unspecified atom stereocenters. The first-order valence-corrected chi connectivity index (χ1v) is 5.59. The highest BCUT2D eigenvalue weighted by Crippen LogP contribution is 2.26. The normalized spacial score (nSPS) is 10.5. The number of hydrogen-bond acceptors (Lipinski definition) is 2. The Hall–Kier alpha value is -1.32. The summed E-state index contributed by atoms with van der Waals surface area (Å²) in [6.45, 7) is 5.25. The maximum atomic E-state index is 13.6. The first-order chi connectivity index (χ1) is 7.60. The Balaban J connectivity index is 3.07. The van der Waals surface area contributed by atoms with E-state index in [0.29, 0.717) is 13.1 Å². The van der Waals surface area contributed by atoms with E-state index < -0.39 is 11.6 Å². The van der Waals surface area contributed by atoms with Gasteiger partial charge in [-0.05, 0) is 25.0 Å². The highest BCUT2D eigenvalue weighted by Gasteiger charge is 2.16. The Labute approximate surface area is 95.1 Å². The number of rotatable bonds is 5. The molecule has 0 heterocycles. The quantitative estimate of drug-likeness (QED) is 0.784. The highest BCUT2D eigenvalue weighted by molar-refractivity contribution is 5.55. The molecule has 0 amide bonds. The third-order valence-electron chi connectivity index (χ3n) is 2.34. The number of nitrogens with two attached hydrogens (primary N) is 1. The molecule has 1 aromatic rings. The summed E-state index contributed by atoms with van der Waals surface area (Å²) in [5.74, 6) is -1.17. The fourth-order valence-corrected chi connectivity index (χ4v) is 1.76. The molecule has 0 aliphatic rings. The molecule has 0 aliphatic carbocycles. The molecule has 0 atom stereocenters. The van der Waals surface area contributed by atoms with Gasteiger partial charge in [0.15, 0.2) is 11.6 Å². The van der Waals surface area contributed by atoms with Gasteiger partial charge in [0.1, 0.15) is 5.69 Å². The van der Waals surface area contributed by atoms with Crippen LogP contribution in [0, 0.1) is 11.6 Å². The van der Waals surface area contributed by atoms with Crippen LogP contribution in [0.5, 0.6) is 0 Å². The minimum Gasteiger partial charge on any atom is -0.399 e. The Kier molecular flexibility index (Phi) is 4.52. The zero-order valence-electron chi connectivity index (χ0n) is 9.76. The van der Waals surface area contributed by atoms with Crippen molar-refractivity contribution >= 4 is 11.4 Å². The van der Waals surface area contributed by atoms with Crippen molar-refractivity contribution in [1.29, 1.82) is 0 Å². The second kappa shape index (κ2) is 5.68. The minimum atomic E-state index is -0.584. The van der Waals surface area contributed by atoms with Crippen LogP contribution in [0.2, 0.25) is 0 Å². The van der Waals surface area contributed by atoms with Crippen molar-refractivity contribution in [3.63, 3.8) is 0 Å². The first kappa shape index (κ1) is 12.7. The van der Waals surface area contributed by atoms with Crippen LogP contribution in [0.4, 0.5) is 20.2 Å². The van der Waals surface area contributed by atoms with Gasteiger partial charge in [-0.15, -0.1) is 0 Å². The summed E-state index contributed by atoms with van der Waals surface area (Å²) in [5.41, 5.74) is 5.53. The molecular formula is C12H18F2N2. The lowest BCUT2D eigenvalue weighted by Gasteiger charge is -2.24. The monoisotopic (exact) mass is 228 g/mol. The average Bonchev–Trinajstić information content (AvgIpc) is 2.16. The van der Waals surface area contributed by atoms with Crippen LogP contribution in [0.1, 0.15) is 26.7 Å². The van der Waals surface area contributed by atoms with Gasteiger partial charge in [-0.1, -0.05) is 13.8 Å². The Morgan fingerprint density at radius 1 is 1.06 bits per heavy atom. The molecule has 0 fully saturated rings. The summed E-state index contributed by atoms with van der Waals surface area (Å²) in [4.78, 5) is 1.73. The molecule has 2 N–H and O–H groups in total. The Morgan fingerprint density at radius 3 is 1.88 bits per heavy atom. The lowest BCUT2D eigenvalue weighted by atomic mass is 10.2. The standard InChI is InChI=1S/C12H18F2N2/c1-3-5-16(6-4-2)12-10(13)7-9(15)8-11(12)14/h7-8H,3-6,15H2,1-2H3. The fraction of sp³-hybridized carbons (Fsp3) is 0.500. The van der Waals surface area contributed by atoms with E-state index in [1.807, 2.05) is 13.8 Å². The predicted octanol–water partition coefficient (Wildman–Crippen LogP) is 3.17. The molecule has 2 nitrogen and oxygen atoms in total. The van der Waals surface area contributed by atoms with E-state index in [0.717, 1.165) is 25.0 Å². The van der Waals surface area contributed by atoms with Crippen LogP contribution in [0.3, 0.4) is 0 Å². The van der Waals surface area contributed by atoms with Crippen LogP contribution in [0.15, 0.2) is 12.1 Å². The molecule has 0 saturated heterocycles. The smallest absolute Gasteiger partial charge is 0.151 e. The second-order valence-electron chi connectivity index (χ2n) is 3.82. The molecule has 16 heavy (non-hydrogen) atoms. The van der Waals surface area contributed by atoms with E-state index in [1.54, 1.807) is 4.90 Å². The second-order valence-corrected chi connectivity index (χ2v) is 3.82. The molecular weight excluding hydrogens is 210 g/mol. The molecule has 0 spiro atoms. The highest BCUT2D eigenvalue weighted by atomic mass is 19.1. The Bertz CT molecular complexity index is 324. The van der Waals surface area contributed by atoms with Gasteiger partial charge in [0.05, 0.1) is 0 Å². The van der Waals surface area contributed by atoms with E-state index in [2.05, 4.69) is 0 Å². The molecule has 1 rings (SSSR count). The Morgan fingerprint density at radius 2 is 1.50 bits per heavy atom. The zero-order chi connectivity index (χ0) is 12.1. The molecule has 0 radical (unpaired) electrons. The zero-order valence-corrected chi connectivity index (χ0v) is 9.76. The van der Waals surface area contributed by atoms with Crippen LogP contribution in [-0.2, 0) is 0 Å². The average molecular weight is 228 g/mol. The predicted molar refractivity (Wildman–Crippen MR) is 63.6 cm³/mol. The first-order valence-electron chi connectivity index (χ1n) is 5.59. The van der Waals surface area contributed by atoms with E-state index >= 15 is 0 Å². The largest absolute Gasteiger partial charge is 0.399 e. The SMILES string of the molecule is CCCN(CCC)c1c(F)cc(N)cc1F. The van der Waals surface area contributed by atoms with Gasteiger partial charge in [0.2, 0.25) is 0 Å². The van der Waals surface area contributed by atoms with E-state index in [9.17, 15) is 8.78 Å². The van der Waals surface area contributed by atoms with Crippen LogP contribution < -0.4 is 10.6 Å². The third-order valence-corrected chi connectivity index (χ3v) is 2.34. The molecule has 4 heteroatoms. The van der Waals surface area contributed by atoms with E-state index in [4.69, 9.17) is 5.73 Å².